The van der Waals surface area contributed by atoms with Crippen LogP contribution in [0.25, 0.3) is 0 Å². The first-order valence-electron chi connectivity index (χ1n) is 6.92. The van der Waals surface area contributed by atoms with Gasteiger partial charge in [0.05, 0.1) is 0 Å². The van der Waals surface area contributed by atoms with Gasteiger partial charge in [0.1, 0.15) is 10.8 Å². The largest absolute Gasteiger partial charge is 0.389 e. The van der Waals surface area contributed by atoms with E-state index in [1.54, 1.807) is 0 Å². The fourth-order valence-corrected chi connectivity index (χ4v) is 2.19. The molecular formula is C17H21N3S. The van der Waals surface area contributed by atoms with Crippen LogP contribution in [0.1, 0.15) is 37.6 Å². The zero-order chi connectivity index (χ0) is 15.6. The molecule has 110 valence electrons. The maximum absolute atomic E-state index is 5.69. The number of thiocarbonyl (C=S) groups is 1. The van der Waals surface area contributed by atoms with Crippen LogP contribution >= 0.6 is 12.2 Å². The van der Waals surface area contributed by atoms with Crippen LogP contribution in [0.4, 0.5) is 11.5 Å². The third-order valence-corrected chi connectivity index (χ3v) is 3.50. The van der Waals surface area contributed by atoms with Crippen LogP contribution in [0, 0.1) is 6.92 Å². The van der Waals surface area contributed by atoms with Gasteiger partial charge in [0, 0.05) is 16.9 Å². The zero-order valence-corrected chi connectivity index (χ0v) is 13.7. The molecular weight excluding hydrogens is 278 g/mol. The van der Waals surface area contributed by atoms with Crippen LogP contribution in [0.15, 0.2) is 36.4 Å². The minimum Gasteiger partial charge on any atom is -0.389 e. The van der Waals surface area contributed by atoms with Gasteiger partial charge >= 0.3 is 0 Å². The van der Waals surface area contributed by atoms with Gasteiger partial charge in [-0.1, -0.05) is 45.1 Å². The molecule has 1 aromatic carbocycles. The Morgan fingerprint density at radius 1 is 1.14 bits per heavy atom. The molecule has 4 heteroatoms. The Morgan fingerprint density at radius 3 is 2.29 bits per heavy atom. The number of anilines is 2. The molecule has 0 saturated heterocycles. The van der Waals surface area contributed by atoms with E-state index >= 15 is 0 Å². The van der Waals surface area contributed by atoms with E-state index in [9.17, 15) is 0 Å². The number of nitrogens with zero attached hydrogens (tertiary/aromatic N) is 1. The molecule has 0 bridgehead atoms. The van der Waals surface area contributed by atoms with Crippen molar-refractivity contribution in [2.24, 2.45) is 5.73 Å². The number of rotatable bonds is 3. The molecule has 0 atom stereocenters. The van der Waals surface area contributed by atoms with E-state index in [-0.39, 0.29) is 5.41 Å². The second-order valence-corrected chi connectivity index (χ2v) is 6.64. The maximum atomic E-state index is 5.69. The van der Waals surface area contributed by atoms with Gasteiger partial charge in [0.15, 0.2) is 0 Å². The monoisotopic (exact) mass is 299 g/mol. The first kappa shape index (κ1) is 15.4. The first-order chi connectivity index (χ1) is 9.75. The Kier molecular flexibility index (Phi) is 4.28. The predicted molar refractivity (Wildman–Crippen MR) is 93.3 cm³/mol. The zero-order valence-electron chi connectivity index (χ0n) is 12.9. The summed E-state index contributed by atoms with van der Waals surface area (Å²) in [5.74, 6) is 0.751. The Balaban J connectivity index is 2.24. The molecule has 2 aromatic rings. The minimum absolute atomic E-state index is 0.152. The van der Waals surface area contributed by atoms with Crippen LogP contribution in [-0.4, -0.2) is 9.97 Å². The first-order valence-corrected chi connectivity index (χ1v) is 7.32. The van der Waals surface area contributed by atoms with Gasteiger partial charge in [0.2, 0.25) is 0 Å². The predicted octanol–water partition coefficient (Wildman–Crippen LogP) is 4.07. The van der Waals surface area contributed by atoms with Crippen molar-refractivity contribution in [1.82, 2.24) is 4.98 Å². The number of pyridine rings is 1. The second-order valence-electron chi connectivity index (χ2n) is 6.20. The molecule has 2 rings (SSSR count). The summed E-state index contributed by atoms with van der Waals surface area (Å²) in [6.45, 7) is 8.53. The summed E-state index contributed by atoms with van der Waals surface area (Å²) < 4.78 is 0. The number of aromatic nitrogens is 1. The number of hydrogen-bond donors (Lipinski definition) is 2. The van der Waals surface area contributed by atoms with Gasteiger partial charge in [-0.2, -0.15) is 0 Å². The van der Waals surface area contributed by atoms with E-state index in [0.29, 0.717) is 4.99 Å². The van der Waals surface area contributed by atoms with Crippen LogP contribution in [-0.2, 0) is 5.41 Å². The topological polar surface area (TPSA) is 50.9 Å². The Hall–Kier alpha value is -1.94. The fourth-order valence-electron chi connectivity index (χ4n) is 2.08. The minimum atomic E-state index is 0.152. The van der Waals surface area contributed by atoms with Crippen molar-refractivity contribution in [3.63, 3.8) is 0 Å². The third kappa shape index (κ3) is 4.02. The van der Waals surface area contributed by atoms with Gasteiger partial charge in [0.25, 0.3) is 0 Å². The highest BCUT2D eigenvalue weighted by molar-refractivity contribution is 7.80. The highest BCUT2D eigenvalue weighted by Gasteiger charge is 2.12. The van der Waals surface area contributed by atoms with E-state index in [1.807, 2.05) is 19.1 Å². The van der Waals surface area contributed by atoms with Crippen LogP contribution in [0.3, 0.4) is 0 Å². The summed E-state index contributed by atoms with van der Waals surface area (Å²) >= 11 is 5.03. The summed E-state index contributed by atoms with van der Waals surface area (Å²) in [6.07, 6.45) is 0. The lowest BCUT2D eigenvalue weighted by molar-refractivity contribution is 0.590. The molecule has 0 aliphatic carbocycles. The molecule has 0 aliphatic rings. The Labute approximate surface area is 131 Å². The van der Waals surface area contributed by atoms with Crippen LogP contribution in [0.5, 0.6) is 0 Å². The summed E-state index contributed by atoms with van der Waals surface area (Å²) in [4.78, 5) is 4.84. The number of nitrogens with two attached hydrogens (primary N) is 1. The normalized spacial score (nSPS) is 11.2. The molecule has 0 saturated carbocycles. The van der Waals surface area contributed by atoms with Crippen molar-refractivity contribution in [2.45, 2.75) is 33.1 Å². The Bertz CT molecular complexity index is 655. The molecule has 3 nitrogen and oxygen atoms in total. The van der Waals surface area contributed by atoms with E-state index in [1.165, 1.54) is 5.56 Å². The smallest absolute Gasteiger partial charge is 0.131 e. The molecule has 3 N–H and O–H groups in total. The molecule has 0 spiro atoms. The number of aryl methyl sites for hydroxylation is 1. The molecule has 0 fully saturated rings. The molecule has 0 unspecified atom stereocenters. The maximum Gasteiger partial charge on any atom is 0.131 e. The van der Waals surface area contributed by atoms with Gasteiger partial charge < -0.3 is 11.1 Å². The molecule has 1 heterocycles. The average Bonchev–Trinajstić information content (AvgIpc) is 2.37. The fraction of sp³-hybridized carbons (Fsp3) is 0.294. The number of benzene rings is 1. The quantitative estimate of drug-likeness (QED) is 0.839. The van der Waals surface area contributed by atoms with Gasteiger partial charge in [-0.15, -0.1) is 0 Å². The van der Waals surface area contributed by atoms with E-state index < -0.39 is 0 Å². The summed E-state index contributed by atoms with van der Waals surface area (Å²) in [5.41, 5.74) is 9.84. The highest BCUT2D eigenvalue weighted by Crippen LogP contribution is 2.24. The number of nitrogens with one attached hydrogen (secondary N) is 1. The van der Waals surface area contributed by atoms with Gasteiger partial charge in [-0.05, 0) is 42.2 Å². The summed E-state index contributed by atoms with van der Waals surface area (Å²) in [5, 5.41) is 3.29. The van der Waals surface area contributed by atoms with Crippen molar-refractivity contribution in [2.75, 3.05) is 5.32 Å². The highest BCUT2D eigenvalue weighted by atomic mass is 32.1. The van der Waals surface area contributed by atoms with Crippen molar-refractivity contribution in [1.29, 1.82) is 0 Å². The van der Waals surface area contributed by atoms with E-state index in [0.717, 1.165) is 22.8 Å². The van der Waals surface area contributed by atoms with Crippen molar-refractivity contribution in [3.05, 3.63) is 53.2 Å². The van der Waals surface area contributed by atoms with Gasteiger partial charge in [-0.25, -0.2) is 4.98 Å². The van der Waals surface area contributed by atoms with E-state index in [2.05, 4.69) is 55.3 Å². The molecule has 0 aliphatic heterocycles. The molecule has 0 radical (unpaired) electrons. The second kappa shape index (κ2) is 5.82. The summed E-state index contributed by atoms with van der Waals surface area (Å²) in [7, 11) is 0. The molecule has 1 aromatic heterocycles. The van der Waals surface area contributed by atoms with Crippen LogP contribution < -0.4 is 11.1 Å². The third-order valence-electron chi connectivity index (χ3n) is 3.26. The van der Waals surface area contributed by atoms with Crippen molar-refractivity contribution >= 4 is 28.7 Å². The lowest BCUT2D eigenvalue weighted by Crippen LogP contribution is -2.11. The standard InChI is InChI=1S/C17H21N3S/c1-11-9-12(16(18)21)10-15(19-11)20-14-7-5-13(6-8-14)17(2,3)4/h5-10H,1-4H3,(H2,18,21)(H,19,20). The SMILES string of the molecule is Cc1cc(C(N)=S)cc(Nc2ccc(C(C)(C)C)cc2)n1. The average molecular weight is 299 g/mol. The van der Waals surface area contributed by atoms with Crippen molar-refractivity contribution in [3.8, 4) is 0 Å². The lowest BCUT2D eigenvalue weighted by Gasteiger charge is -2.19. The molecule has 0 amide bonds. The van der Waals surface area contributed by atoms with E-state index in [4.69, 9.17) is 18.0 Å². The lowest BCUT2D eigenvalue weighted by atomic mass is 9.87. The van der Waals surface area contributed by atoms with Gasteiger partial charge in [-0.3, -0.25) is 0 Å². The van der Waals surface area contributed by atoms with Crippen molar-refractivity contribution < 1.29 is 0 Å². The molecule has 21 heavy (non-hydrogen) atoms. The van der Waals surface area contributed by atoms with Crippen LogP contribution in [0.2, 0.25) is 0 Å². The Morgan fingerprint density at radius 2 is 1.76 bits per heavy atom. The number of hydrogen-bond acceptors (Lipinski definition) is 3. The summed E-state index contributed by atoms with van der Waals surface area (Å²) in [6, 6.07) is 12.1.